The van der Waals surface area contributed by atoms with E-state index in [0.29, 0.717) is 23.8 Å². The molecule has 124 valence electrons. The summed E-state index contributed by atoms with van der Waals surface area (Å²) in [7, 11) is 0. The number of benzene rings is 1. The van der Waals surface area contributed by atoms with Crippen molar-refractivity contribution in [3.05, 3.63) is 48.2 Å². The van der Waals surface area contributed by atoms with Gasteiger partial charge in [-0.05, 0) is 43.5 Å². The summed E-state index contributed by atoms with van der Waals surface area (Å²) < 4.78 is 0. The number of nitrogen functional groups attached to an aromatic ring is 1. The van der Waals surface area contributed by atoms with Crippen molar-refractivity contribution in [3.8, 4) is 0 Å². The van der Waals surface area contributed by atoms with Crippen molar-refractivity contribution in [1.29, 1.82) is 0 Å². The minimum absolute atomic E-state index is 0.513. The number of rotatable bonds is 2. The fraction of sp³-hybridized carbons (Fsp3) is 0.474. The maximum Gasteiger partial charge on any atom is 0.227 e. The molecule has 5 nitrogen and oxygen atoms in total. The summed E-state index contributed by atoms with van der Waals surface area (Å²) in [6, 6.07) is 13.8. The summed E-state index contributed by atoms with van der Waals surface area (Å²) in [4.78, 5) is 14.2. The van der Waals surface area contributed by atoms with Crippen LogP contribution in [-0.4, -0.2) is 46.6 Å². The second kappa shape index (κ2) is 5.45. The molecule has 4 saturated heterocycles. The molecular weight excluding hydrogens is 298 g/mol. The van der Waals surface area contributed by atoms with Crippen molar-refractivity contribution >= 4 is 11.8 Å². The van der Waals surface area contributed by atoms with Crippen molar-refractivity contribution in [2.75, 3.05) is 30.3 Å². The van der Waals surface area contributed by atoms with Crippen molar-refractivity contribution in [2.24, 2.45) is 5.92 Å². The van der Waals surface area contributed by atoms with Gasteiger partial charge in [0.1, 0.15) is 5.82 Å². The van der Waals surface area contributed by atoms with Gasteiger partial charge in [0.05, 0.1) is 6.04 Å². The Morgan fingerprint density at radius 1 is 1.00 bits per heavy atom. The lowest BCUT2D eigenvalue weighted by molar-refractivity contribution is 0.0353. The lowest BCUT2D eigenvalue weighted by Gasteiger charge is -2.51. The average molecular weight is 321 g/mol. The summed E-state index contributed by atoms with van der Waals surface area (Å²) in [5.41, 5.74) is 7.36. The number of anilines is 2. The smallest absolute Gasteiger partial charge is 0.227 e. The minimum atomic E-state index is 0.513. The highest BCUT2D eigenvalue weighted by molar-refractivity contribution is 5.45. The molecule has 2 bridgehead atoms. The molecule has 0 amide bonds. The van der Waals surface area contributed by atoms with Crippen LogP contribution < -0.4 is 10.6 Å². The van der Waals surface area contributed by atoms with E-state index in [-0.39, 0.29) is 0 Å². The van der Waals surface area contributed by atoms with Gasteiger partial charge in [0.25, 0.3) is 0 Å². The monoisotopic (exact) mass is 321 g/mol. The quantitative estimate of drug-likeness (QED) is 0.918. The second-order valence-corrected chi connectivity index (χ2v) is 7.31. The van der Waals surface area contributed by atoms with Gasteiger partial charge in [0.2, 0.25) is 5.95 Å². The molecule has 1 aromatic carbocycles. The number of nitrogens with two attached hydrogens (primary N) is 1. The Kier molecular flexibility index (Phi) is 3.23. The Bertz CT molecular complexity index is 726. The van der Waals surface area contributed by atoms with Crippen LogP contribution in [0.4, 0.5) is 11.8 Å². The van der Waals surface area contributed by atoms with E-state index in [0.717, 1.165) is 18.4 Å². The molecule has 4 aliphatic heterocycles. The van der Waals surface area contributed by atoms with Gasteiger partial charge in [0, 0.05) is 24.7 Å². The fourth-order valence-corrected chi connectivity index (χ4v) is 5.14. The summed E-state index contributed by atoms with van der Waals surface area (Å²) in [5, 5.41) is 0. The minimum Gasteiger partial charge on any atom is -0.384 e. The van der Waals surface area contributed by atoms with Gasteiger partial charge in [-0.3, -0.25) is 4.90 Å². The van der Waals surface area contributed by atoms with Crippen LogP contribution in [0, 0.1) is 5.92 Å². The van der Waals surface area contributed by atoms with E-state index in [2.05, 4.69) is 50.1 Å². The molecule has 2 N–H and O–H groups in total. The first kappa shape index (κ1) is 14.2. The highest BCUT2D eigenvalue weighted by atomic mass is 15.4. The molecule has 24 heavy (non-hydrogen) atoms. The highest BCUT2D eigenvalue weighted by Gasteiger charge is 2.54. The van der Waals surface area contributed by atoms with Gasteiger partial charge >= 0.3 is 0 Å². The van der Waals surface area contributed by atoms with E-state index < -0.39 is 0 Å². The van der Waals surface area contributed by atoms with Crippen molar-refractivity contribution in [3.63, 3.8) is 0 Å². The van der Waals surface area contributed by atoms with Gasteiger partial charge in [-0.1, -0.05) is 30.3 Å². The number of hydrogen-bond donors (Lipinski definition) is 1. The van der Waals surface area contributed by atoms with Crippen LogP contribution in [0.2, 0.25) is 0 Å². The first-order valence-electron chi connectivity index (χ1n) is 8.95. The van der Waals surface area contributed by atoms with Gasteiger partial charge < -0.3 is 10.6 Å². The standard InChI is InChI=1S/C19H23N5/c20-16-6-9-21-19(22-16)24-12-15(13-4-2-1-3-5-13)18-17(24)14-7-10-23(18)11-8-14/h1-6,9,14-15,17-18H,7-8,10-12H2,(H2,20,21,22)/t15-,17+,18+/m0/s1. The van der Waals surface area contributed by atoms with Gasteiger partial charge in [0.15, 0.2) is 0 Å². The SMILES string of the molecule is Nc1ccnc(N2C[C@@H](c3ccccc3)[C@@H]3[C@H]2C2CCN3CC2)n1. The zero-order chi connectivity index (χ0) is 16.1. The second-order valence-electron chi connectivity index (χ2n) is 7.31. The predicted molar refractivity (Wildman–Crippen MR) is 94.8 cm³/mol. The molecule has 0 unspecified atom stereocenters. The summed E-state index contributed by atoms with van der Waals surface area (Å²) in [6.07, 6.45) is 4.37. The molecule has 0 spiro atoms. The van der Waals surface area contributed by atoms with E-state index in [4.69, 9.17) is 5.73 Å². The molecular formula is C19H23N5. The summed E-state index contributed by atoms with van der Waals surface area (Å²) in [6.45, 7) is 3.46. The number of hydrogen-bond acceptors (Lipinski definition) is 5. The molecule has 0 aliphatic carbocycles. The highest BCUT2D eigenvalue weighted by Crippen LogP contribution is 2.47. The topological polar surface area (TPSA) is 58.3 Å². The normalized spacial score (nSPS) is 34.3. The zero-order valence-corrected chi connectivity index (χ0v) is 13.8. The lowest BCUT2D eigenvalue weighted by Crippen LogP contribution is -2.60. The number of fused-ring (bicyclic) bond motifs is 2. The molecule has 2 aromatic rings. The van der Waals surface area contributed by atoms with Gasteiger partial charge in [-0.2, -0.15) is 4.98 Å². The molecule has 3 atom stereocenters. The number of piperidine rings is 3. The largest absolute Gasteiger partial charge is 0.384 e. The molecule has 5 heterocycles. The maximum atomic E-state index is 5.93. The van der Waals surface area contributed by atoms with E-state index >= 15 is 0 Å². The summed E-state index contributed by atoms with van der Waals surface area (Å²) >= 11 is 0. The van der Waals surface area contributed by atoms with E-state index in [1.165, 1.54) is 31.5 Å². The Morgan fingerprint density at radius 2 is 1.79 bits per heavy atom. The predicted octanol–water partition coefficient (Wildman–Crippen LogP) is 2.13. The third kappa shape index (κ3) is 2.11. The van der Waals surface area contributed by atoms with Crippen LogP contribution in [-0.2, 0) is 0 Å². The Balaban J connectivity index is 1.57. The average Bonchev–Trinajstić information content (AvgIpc) is 3.06. The third-order valence-corrected chi connectivity index (χ3v) is 6.14. The van der Waals surface area contributed by atoms with E-state index in [1.54, 1.807) is 12.3 Å². The Morgan fingerprint density at radius 3 is 2.54 bits per heavy atom. The first-order chi connectivity index (χ1) is 11.8. The van der Waals surface area contributed by atoms with Crippen LogP contribution in [0.15, 0.2) is 42.6 Å². The van der Waals surface area contributed by atoms with Gasteiger partial charge in [-0.25, -0.2) is 4.98 Å². The maximum absolute atomic E-state index is 5.93. The molecule has 0 radical (unpaired) electrons. The van der Waals surface area contributed by atoms with Crippen LogP contribution in [0.25, 0.3) is 0 Å². The Labute approximate surface area is 142 Å². The molecule has 0 saturated carbocycles. The van der Waals surface area contributed by atoms with Crippen LogP contribution in [0.3, 0.4) is 0 Å². The molecule has 1 aromatic heterocycles. The van der Waals surface area contributed by atoms with E-state index in [9.17, 15) is 0 Å². The molecule has 4 aliphatic rings. The van der Waals surface area contributed by atoms with Crippen LogP contribution in [0.1, 0.15) is 24.3 Å². The molecule has 4 fully saturated rings. The van der Waals surface area contributed by atoms with Crippen molar-refractivity contribution in [2.45, 2.75) is 30.8 Å². The Hall–Kier alpha value is -2.14. The van der Waals surface area contributed by atoms with Crippen molar-refractivity contribution in [1.82, 2.24) is 14.9 Å². The van der Waals surface area contributed by atoms with E-state index in [1.807, 2.05) is 0 Å². The van der Waals surface area contributed by atoms with Crippen molar-refractivity contribution < 1.29 is 0 Å². The zero-order valence-electron chi connectivity index (χ0n) is 13.8. The number of aromatic nitrogens is 2. The van der Waals surface area contributed by atoms with Crippen LogP contribution >= 0.6 is 0 Å². The summed E-state index contributed by atoms with van der Waals surface area (Å²) in [5.74, 6) is 2.63. The van der Waals surface area contributed by atoms with Crippen LogP contribution in [0.5, 0.6) is 0 Å². The molecule has 5 heteroatoms. The van der Waals surface area contributed by atoms with Gasteiger partial charge in [-0.15, -0.1) is 0 Å². The number of nitrogens with zero attached hydrogens (tertiary/aromatic N) is 4. The lowest BCUT2D eigenvalue weighted by atomic mass is 9.75. The fourth-order valence-electron chi connectivity index (χ4n) is 5.14. The first-order valence-corrected chi connectivity index (χ1v) is 8.95. The molecule has 6 rings (SSSR count). The third-order valence-electron chi connectivity index (χ3n) is 6.14.